The monoisotopic (exact) mass is 946 g/mol. The maximum absolute atomic E-state index is 13.7. The average molecular weight is 947 g/mol. The first kappa shape index (κ1) is 46.0. The molecule has 2 aliphatic carbocycles. The minimum atomic E-state index is -0.0873. The topological polar surface area (TPSA) is 68.3 Å². The van der Waals surface area contributed by atoms with E-state index in [4.69, 9.17) is 0 Å². The van der Waals surface area contributed by atoms with Gasteiger partial charge in [0, 0.05) is 83.7 Å². The van der Waals surface area contributed by atoms with Crippen LogP contribution in [-0.2, 0) is 5.41 Å². The Balaban J connectivity index is 0.000000169. The highest BCUT2D eigenvalue weighted by atomic mass is 32.2. The van der Waals surface area contributed by atoms with Crippen LogP contribution in [0.2, 0.25) is 0 Å². The largest absolute Gasteiger partial charge is 0.289 e. The third-order valence-corrected chi connectivity index (χ3v) is 15.9. The molecule has 0 amide bonds. The average Bonchev–Trinajstić information content (AvgIpc) is 3.31. The minimum Gasteiger partial charge on any atom is -0.289 e. The van der Waals surface area contributed by atoms with Gasteiger partial charge in [-0.25, -0.2) is 0 Å². The summed E-state index contributed by atoms with van der Waals surface area (Å²) in [6.07, 6.45) is 0. The maximum Gasteiger partial charge on any atom is 0.195 e. The maximum atomic E-state index is 13.7. The fourth-order valence-electron chi connectivity index (χ4n) is 8.12. The molecule has 0 unspecified atom stereocenters. The molecule has 0 heterocycles. The van der Waals surface area contributed by atoms with Gasteiger partial charge in [0.25, 0.3) is 0 Å². The van der Waals surface area contributed by atoms with Crippen molar-refractivity contribution in [3.05, 3.63) is 237 Å². The zero-order valence-corrected chi connectivity index (χ0v) is 41.2. The van der Waals surface area contributed by atoms with E-state index in [0.29, 0.717) is 44.5 Å². The zero-order valence-electron chi connectivity index (χ0n) is 37.9. The van der Waals surface area contributed by atoms with Crippen molar-refractivity contribution < 1.29 is 19.2 Å². The summed E-state index contributed by atoms with van der Waals surface area (Å²) < 4.78 is 0. The van der Waals surface area contributed by atoms with E-state index in [0.717, 1.165) is 44.7 Å². The van der Waals surface area contributed by atoms with Crippen LogP contribution in [-0.4, -0.2) is 23.1 Å². The predicted octanol–water partition coefficient (Wildman–Crippen LogP) is 15.8. The Morgan fingerprint density at radius 3 is 0.925 bits per heavy atom. The second kappa shape index (κ2) is 19.2. The standard InChI is InChI=1S/C31H26O2S2.C28H20O2S2/c1-19-8-5-9-22(18-19)35-26-13-7-11-24-28(26)30(33)23-10-6-12-25(27(23)29(24)32)34-21-16-14-20(15-17-21)31(2,3)4;1-17-9-13-19(14-10-17)31-23-7-3-5-21-25(23)27(29)22-6-4-8-24(26(22)28(21)30)32-20-15-11-18(2)12-16-20/h5-18H,1-4H3;3-16H,1-2H3. The molecule has 8 heteroatoms. The molecule has 2 aliphatic rings. The quantitative estimate of drug-likeness (QED) is 0.149. The molecule has 330 valence electrons. The van der Waals surface area contributed by atoms with Gasteiger partial charge in [0.2, 0.25) is 0 Å². The number of benzene rings is 8. The van der Waals surface area contributed by atoms with Crippen molar-refractivity contribution in [3.63, 3.8) is 0 Å². The third kappa shape index (κ3) is 9.68. The summed E-state index contributed by atoms with van der Waals surface area (Å²) in [5, 5.41) is 0. The van der Waals surface area contributed by atoms with Crippen molar-refractivity contribution in [1.82, 2.24) is 0 Å². The molecule has 8 aromatic carbocycles. The summed E-state index contributed by atoms with van der Waals surface area (Å²) >= 11 is 6.10. The molecule has 0 N–H and O–H groups in total. The van der Waals surface area contributed by atoms with E-state index in [1.54, 1.807) is 24.3 Å². The van der Waals surface area contributed by atoms with Gasteiger partial charge in [0.1, 0.15) is 0 Å². The highest BCUT2D eigenvalue weighted by Gasteiger charge is 2.35. The molecule has 8 aromatic rings. The van der Waals surface area contributed by atoms with Gasteiger partial charge >= 0.3 is 0 Å². The Morgan fingerprint density at radius 1 is 0.313 bits per heavy atom. The Hall–Kier alpha value is -6.16. The Labute approximate surface area is 409 Å². The van der Waals surface area contributed by atoms with Crippen LogP contribution in [0, 0.1) is 20.8 Å². The lowest BCUT2D eigenvalue weighted by Gasteiger charge is -2.22. The molecule has 0 saturated carbocycles. The van der Waals surface area contributed by atoms with Crippen molar-refractivity contribution in [1.29, 1.82) is 0 Å². The van der Waals surface area contributed by atoms with E-state index in [1.165, 1.54) is 63.7 Å². The highest BCUT2D eigenvalue weighted by molar-refractivity contribution is 8.00. The first-order valence-electron chi connectivity index (χ1n) is 22.0. The van der Waals surface area contributed by atoms with Gasteiger partial charge in [-0.05, 0) is 105 Å². The van der Waals surface area contributed by atoms with E-state index >= 15 is 0 Å². The van der Waals surface area contributed by atoms with Crippen LogP contribution in [0.15, 0.2) is 209 Å². The summed E-state index contributed by atoms with van der Waals surface area (Å²) in [4.78, 5) is 62.1. The Kier molecular flexibility index (Phi) is 13.2. The van der Waals surface area contributed by atoms with Gasteiger partial charge in [0.15, 0.2) is 23.1 Å². The van der Waals surface area contributed by atoms with Crippen LogP contribution in [0.1, 0.15) is 107 Å². The lowest BCUT2D eigenvalue weighted by Crippen LogP contribution is -2.22. The number of rotatable bonds is 8. The number of carbonyl (C=O) groups excluding carboxylic acids is 4. The normalized spacial score (nSPS) is 12.7. The molecule has 0 aromatic heterocycles. The summed E-state index contributed by atoms with van der Waals surface area (Å²) in [7, 11) is 0. The van der Waals surface area contributed by atoms with Crippen LogP contribution >= 0.6 is 47.0 Å². The first-order valence-corrected chi connectivity index (χ1v) is 25.2. The summed E-state index contributed by atoms with van der Waals surface area (Å²) in [5.74, 6) is -0.348. The van der Waals surface area contributed by atoms with E-state index in [-0.39, 0.29) is 28.5 Å². The highest BCUT2D eigenvalue weighted by Crippen LogP contribution is 2.43. The second-order valence-corrected chi connectivity index (χ2v) is 22.1. The number of aryl methyl sites for hydroxylation is 3. The van der Waals surface area contributed by atoms with E-state index in [9.17, 15) is 19.2 Å². The van der Waals surface area contributed by atoms with E-state index in [2.05, 4.69) is 75.4 Å². The van der Waals surface area contributed by atoms with E-state index < -0.39 is 0 Å². The molecular weight excluding hydrogens is 901 g/mol. The van der Waals surface area contributed by atoms with Crippen molar-refractivity contribution in [3.8, 4) is 0 Å². The molecular formula is C59H46O4S4. The zero-order chi connectivity index (χ0) is 47.0. The van der Waals surface area contributed by atoms with Crippen LogP contribution in [0.3, 0.4) is 0 Å². The van der Waals surface area contributed by atoms with Gasteiger partial charge in [-0.15, -0.1) is 0 Å². The molecule has 0 atom stereocenters. The molecule has 0 bridgehead atoms. The molecule has 0 fully saturated rings. The Bertz CT molecular complexity index is 3150. The van der Waals surface area contributed by atoms with Gasteiger partial charge in [-0.2, -0.15) is 0 Å². The molecule has 0 aliphatic heterocycles. The fraction of sp³-hybridized carbons (Fsp3) is 0.119. The summed E-state index contributed by atoms with van der Waals surface area (Å²) in [6.45, 7) is 12.7. The van der Waals surface area contributed by atoms with Crippen molar-refractivity contribution in [2.45, 2.75) is 86.1 Å². The summed E-state index contributed by atoms with van der Waals surface area (Å²) in [6, 6.07) is 55.2. The SMILES string of the molecule is Cc1ccc(Sc2cccc3c2C(=O)c2cccc(Sc4ccc(C)cc4)c2C3=O)cc1.Cc1cccc(Sc2cccc3c2C(=O)c2cccc(Sc4ccc(C(C)(C)C)cc4)c2C3=O)c1. The van der Waals surface area contributed by atoms with Crippen molar-refractivity contribution in [2.75, 3.05) is 0 Å². The smallest absolute Gasteiger partial charge is 0.195 e. The molecule has 67 heavy (non-hydrogen) atoms. The molecule has 0 saturated heterocycles. The number of hydrogen-bond acceptors (Lipinski definition) is 8. The number of fused-ring (bicyclic) bond motifs is 4. The number of ketones is 4. The molecule has 0 radical (unpaired) electrons. The third-order valence-electron chi connectivity index (χ3n) is 11.7. The van der Waals surface area contributed by atoms with Gasteiger partial charge < -0.3 is 0 Å². The Morgan fingerprint density at radius 2 is 0.612 bits per heavy atom. The minimum absolute atomic E-state index is 0.0787. The van der Waals surface area contributed by atoms with Crippen LogP contribution in [0.25, 0.3) is 0 Å². The molecule has 0 spiro atoms. The van der Waals surface area contributed by atoms with Gasteiger partial charge in [0.05, 0.1) is 0 Å². The number of carbonyl (C=O) groups is 4. The fourth-order valence-corrected chi connectivity index (χ4v) is 12.1. The summed E-state index contributed by atoms with van der Waals surface area (Å²) in [5.41, 5.74) is 8.82. The van der Waals surface area contributed by atoms with Crippen molar-refractivity contribution in [2.24, 2.45) is 0 Å². The van der Waals surface area contributed by atoms with Gasteiger partial charge in [-0.3, -0.25) is 19.2 Å². The second-order valence-electron chi connectivity index (χ2n) is 17.7. The number of hydrogen-bond donors (Lipinski definition) is 0. The van der Waals surface area contributed by atoms with Crippen LogP contribution < -0.4 is 0 Å². The van der Waals surface area contributed by atoms with Crippen LogP contribution in [0.4, 0.5) is 0 Å². The van der Waals surface area contributed by atoms with Gasteiger partial charge in [-0.1, -0.05) is 182 Å². The van der Waals surface area contributed by atoms with Crippen LogP contribution in [0.5, 0.6) is 0 Å². The molecule has 10 rings (SSSR count). The molecule has 4 nitrogen and oxygen atoms in total. The predicted molar refractivity (Wildman–Crippen MR) is 275 cm³/mol. The van der Waals surface area contributed by atoms with E-state index in [1.807, 2.05) is 112 Å². The van der Waals surface area contributed by atoms with Crippen molar-refractivity contribution >= 4 is 70.2 Å². The lowest BCUT2D eigenvalue weighted by molar-refractivity contribution is 0.0974. The lowest BCUT2D eigenvalue weighted by atomic mass is 9.84. The first-order chi connectivity index (χ1) is 32.2.